The minimum atomic E-state index is -1.36. The number of aromatic amines is 1. The Balaban J connectivity index is 1.93. The van der Waals surface area contributed by atoms with Crippen molar-refractivity contribution in [3.05, 3.63) is 56.1 Å². The van der Waals surface area contributed by atoms with E-state index < -0.39 is 5.67 Å². The third-order valence-electron chi connectivity index (χ3n) is 5.01. The summed E-state index contributed by atoms with van der Waals surface area (Å²) in [4.78, 5) is 6.22. The molecule has 2 nitrogen and oxygen atoms in total. The number of benzene rings is 1. The summed E-state index contributed by atoms with van der Waals surface area (Å²) in [5.74, 6) is -0.243. The van der Waals surface area contributed by atoms with Gasteiger partial charge >= 0.3 is 0 Å². The Morgan fingerprint density at radius 1 is 1.35 bits per heavy atom. The average molecular weight is 439 g/mol. The van der Waals surface area contributed by atoms with Crippen molar-refractivity contribution in [2.45, 2.75) is 44.9 Å². The number of aromatic nitrogens is 1. The number of thiophene rings is 1. The lowest BCUT2D eigenvalue weighted by molar-refractivity contribution is 0.0668. The van der Waals surface area contributed by atoms with Crippen LogP contribution >= 0.6 is 27.3 Å². The number of fused-ring (bicyclic) bond motifs is 3. The maximum atomic E-state index is 14.7. The van der Waals surface area contributed by atoms with Gasteiger partial charge in [-0.25, -0.2) is 8.78 Å². The average Bonchev–Trinajstić information content (AvgIpc) is 3.06. The van der Waals surface area contributed by atoms with Crippen molar-refractivity contribution in [1.29, 1.82) is 0 Å². The number of hydrogen-bond acceptors (Lipinski definition) is 2. The van der Waals surface area contributed by atoms with E-state index in [1.807, 2.05) is 18.2 Å². The smallest absolute Gasteiger partial charge is 0.140 e. The number of nitrogens with one attached hydrogen (secondary N) is 1. The fraction of sp³-hybridized carbons (Fsp3) is 0.400. The molecule has 0 saturated heterocycles. The fourth-order valence-electron chi connectivity index (χ4n) is 4.01. The normalized spacial score (nSPS) is 21.3. The van der Waals surface area contributed by atoms with Gasteiger partial charge in [0, 0.05) is 29.2 Å². The topological polar surface area (TPSA) is 19.0 Å². The number of para-hydroxylation sites is 1. The van der Waals surface area contributed by atoms with Crippen LogP contribution in [0.2, 0.25) is 0 Å². The lowest BCUT2D eigenvalue weighted by Gasteiger charge is -2.42. The van der Waals surface area contributed by atoms with Crippen LogP contribution in [0.1, 0.15) is 42.9 Å². The first-order valence-corrected chi connectivity index (χ1v) is 10.3. The van der Waals surface area contributed by atoms with Crippen LogP contribution < -0.4 is 0 Å². The Morgan fingerprint density at radius 2 is 2.08 bits per heavy atom. The monoisotopic (exact) mass is 438 g/mol. The summed E-state index contributed by atoms with van der Waals surface area (Å²) in [6, 6.07) is 9.46. The largest absolute Gasteiger partial charge is 0.357 e. The van der Waals surface area contributed by atoms with E-state index in [1.54, 1.807) is 13.8 Å². The summed E-state index contributed by atoms with van der Waals surface area (Å²) in [5, 5.41) is 1.18. The van der Waals surface area contributed by atoms with Crippen molar-refractivity contribution in [2.75, 3.05) is 6.54 Å². The molecule has 138 valence electrons. The number of rotatable bonds is 3. The Morgan fingerprint density at radius 3 is 2.73 bits per heavy atom. The summed E-state index contributed by atoms with van der Waals surface area (Å²) in [5.41, 5.74) is 1.89. The first-order valence-electron chi connectivity index (χ1n) is 8.73. The van der Waals surface area contributed by atoms with Crippen LogP contribution in [-0.2, 0) is 6.42 Å². The molecule has 2 aromatic heterocycles. The molecule has 1 aliphatic rings. The van der Waals surface area contributed by atoms with Gasteiger partial charge in [0.25, 0.3) is 0 Å². The van der Waals surface area contributed by atoms with E-state index in [0.717, 1.165) is 21.4 Å². The molecular formula is C20H21BrF2N2S. The van der Waals surface area contributed by atoms with Gasteiger partial charge in [0.1, 0.15) is 11.5 Å². The molecule has 0 aliphatic carbocycles. The molecule has 6 heteroatoms. The van der Waals surface area contributed by atoms with Crippen LogP contribution in [0.3, 0.4) is 0 Å². The first kappa shape index (κ1) is 18.1. The molecule has 1 aromatic carbocycles. The van der Waals surface area contributed by atoms with Gasteiger partial charge < -0.3 is 4.98 Å². The highest BCUT2D eigenvalue weighted by Crippen LogP contribution is 2.45. The summed E-state index contributed by atoms with van der Waals surface area (Å²) in [6.07, 6.45) is 0.820. The zero-order valence-corrected chi connectivity index (χ0v) is 17.3. The Labute approximate surface area is 164 Å². The highest BCUT2D eigenvalue weighted by Gasteiger charge is 2.40. The van der Waals surface area contributed by atoms with Gasteiger partial charge in [-0.3, -0.25) is 4.90 Å². The molecule has 0 saturated carbocycles. The number of hydrogen-bond donors (Lipinski definition) is 1. The molecule has 0 spiro atoms. The van der Waals surface area contributed by atoms with Crippen molar-refractivity contribution in [2.24, 2.45) is 0 Å². The quantitative estimate of drug-likeness (QED) is 0.514. The number of halogens is 3. The van der Waals surface area contributed by atoms with Gasteiger partial charge in [-0.15, -0.1) is 11.3 Å². The van der Waals surface area contributed by atoms with Gasteiger partial charge in [-0.2, -0.15) is 0 Å². The highest BCUT2D eigenvalue weighted by molar-refractivity contribution is 9.11. The molecule has 0 bridgehead atoms. The summed E-state index contributed by atoms with van der Waals surface area (Å²) in [7, 11) is 0. The summed E-state index contributed by atoms with van der Waals surface area (Å²) < 4.78 is 30.0. The SMILES string of the molecule is C[C@@H]1Cc2c([nH]c3ccccc23)[C@@H](c2sc(Br)cc2F)N1CC(C)(C)F. The van der Waals surface area contributed by atoms with E-state index in [2.05, 4.69) is 38.8 Å². The standard InChI is InChI=1S/C20H21BrF2N2S/c1-11-8-13-12-6-4-5-7-15(12)24-17(13)18(25(11)10-20(2,3)23)19-14(22)9-16(21)26-19/h4-7,9,11,18,24H,8,10H2,1-3H3/t11-,18+/m1/s1. The van der Waals surface area contributed by atoms with Crippen molar-refractivity contribution in [3.63, 3.8) is 0 Å². The maximum Gasteiger partial charge on any atom is 0.140 e. The van der Waals surface area contributed by atoms with Gasteiger partial charge in [0.05, 0.1) is 14.7 Å². The van der Waals surface area contributed by atoms with Gasteiger partial charge in [0.2, 0.25) is 0 Å². The third kappa shape index (κ3) is 3.12. The highest BCUT2D eigenvalue weighted by atomic mass is 79.9. The van der Waals surface area contributed by atoms with E-state index in [1.165, 1.54) is 28.4 Å². The van der Waals surface area contributed by atoms with E-state index >= 15 is 0 Å². The molecule has 4 rings (SSSR count). The van der Waals surface area contributed by atoms with Crippen molar-refractivity contribution < 1.29 is 8.78 Å². The van der Waals surface area contributed by atoms with E-state index in [9.17, 15) is 8.78 Å². The third-order valence-corrected chi connectivity index (χ3v) is 6.67. The zero-order chi connectivity index (χ0) is 18.6. The number of alkyl halides is 1. The number of nitrogens with zero attached hydrogens (tertiary/aromatic N) is 1. The molecule has 1 N–H and O–H groups in total. The molecule has 2 atom stereocenters. The Hall–Kier alpha value is -1.24. The lowest BCUT2D eigenvalue weighted by Crippen LogP contribution is -2.47. The van der Waals surface area contributed by atoms with Gasteiger partial charge in [0.15, 0.2) is 0 Å². The van der Waals surface area contributed by atoms with Crippen molar-refractivity contribution in [1.82, 2.24) is 9.88 Å². The van der Waals surface area contributed by atoms with E-state index in [4.69, 9.17) is 0 Å². The zero-order valence-electron chi connectivity index (χ0n) is 14.9. The molecule has 0 unspecified atom stereocenters. The van der Waals surface area contributed by atoms with Crippen LogP contribution in [0.15, 0.2) is 34.1 Å². The molecule has 0 fully saturated rings. The summed E-state index contributed by atoms with van der Waals surface area (Å²) >= 11 is 4.78. The van der Waals surface area contributed by atoms with Gasteiger partial charge in [-0.1, -0.05) is 18.2 Å². The van der Waals surface area contributed by atoms with Crippen LogP contribution in [0.4, 0.5) is 8.78 Å². The van der Waals surface area contributed by atoms with Crippen molar-refractivity contribution in [3.8, 4) is 0 Å². The fourth-order valence-corrected chi connectivity index (χ4v) is 5.63. The molecule has 3 aromatic rings. The van der Waals surface area contributed by atoms with Crippen LogP contribution in [0.5, 0.6) is 0 Å². The predicted molar refractivity (Wildman–Crippen MR) is 107 cm³/mol. The number of H-pyrrole nitrogens is 1. The molecule has 1 aliphatic heterocycles. The second-order valence-corrected chi connectivity index (χ2v) is 10.1. The lowest BCUT2D eigenvalue weighted by atomic mass is 9.90. The molecule has 0 amide bonds. The maximum absolute atomic E-state index is 14.7. The molecule has 3 heterocycles. The second kappa shape index (κ2) is 6.43. The minimum Gasteiger partial charge on any atom is -0.357 e. The first-order chi connectivity index (χ1) is 12.2. The van der Waals surface area contributed by atoms with Crippen LogP contribution in [-0.4, -0.2) is 28.1 Å². The van der Waals surface area contributed by atoms with Crippen LogP contribution in [0.25, 0.3) is 10.9 Å². The summed E-state index contributed by atoms with van der Waals surface area (Å²) in [6.45, 7) is 5.52. The Kier molecular flexibility index (Phi) is 4.48. The van der Waals surface area contributed by atoms with Crippen molar-refractivity contribution >= 4 is 38.2 Å². The second-order valence-electron chi connectivity index (χ2n) is 7.67. The molecule has 0 radical (unpaired) electrons. The van der Waals surface area contributed by atoms with E-state index in [0.29, 0.717) is 4.88 Å². The molecular weight excluding hydrogens is 418 g/mol. The predicted octanol–water partition coefficient (Wildman–Crippen LogP) is 6.22. The minimum absolute atomic E-state index is 0.113. The van der Waals surface area contributed by atoms with E-state index in [-0.39, 0.29) is 24.4 Å². The molecule has 26 heavy (non-hydrogen) atoms. The Bertz CT molecular complexity index is 957. The van der Waals surface area contributed by atoms with Crippen LogP contribution in [0, 0.1) is 5.82 Å². The van der Waals surface area contributed by atoms with Gasteiger partial charge in [-0.05, 0) is 60.8 Å².